The van der Waals surface area contributed by atoms with Gasteiger partial charge in [-0.05, 0) is 50.1 Å². The van der Waals surface area contributed by atoms with Crippen molar-refractivity contribution in [2.45, 2.75) is 45.3 Å². The van der Waals surface area contributed by atoms with Crippen molar-refractivity contribution in [1.82, 2.24) is 30.0 Å². The first-order chi connectivity index (χ1) is 21.9. The number of rotatable bonds is 4. The summed E-state index contributed by atoms with van der Waals surface area (Å²) in [6, 6.07) is 7.86. The van der Waals surface area contributed by atoms with Crippen LogP contribution in [0.3, 0.4) is 0 Å². The Hall–Kier alpha value is -4.53. The molecule has 0 saturated heterocycles. The van der Waals surface area contributed by atoms with Crippen molar-refractivity contribution in [3.05, 3.63) is 65.7 Å². The van der Waals surface area contributed by atoms with Crippen molar-refractivity contribution in [2.75, 3.05) is 31.4 Å². The summed E-state index contributed by atoms with van der Waals surface area (Å²) in [6.45, 7) is 4.08. The third-order valence-corrected chi connectivity index (χ3v) is 9.02. The highest BCUT2D eigenvalue weighted by atomic mass is 31.2. The lowest BCUT2D eigenvalue weighted by atomic mass is 10.1. The largest absolute Gasteiger partial charge is 0.495 e. The Morgan fingerprint density at radius 1 is 1.17 bits per heavy atom. The molecule has 13 nitrogen and oxygen atoms in total. The molecule has 0 spiro atoms. The molecule has 2 atom stereocenters. The molecule has 4 aromatic rings. The van der Waals surface area contributed by atoms with E-state index >= 15 is 0 Å². The number of halogens is 3. The monoisotopic (exact) mass is 660 g/mol. The Bertz CT molecular complexity index is 1780. The lowest BCUT2D eigenvalue weighted by Crippen LogP contribution is -2.21. The lowest BCUT2D eigenvalue weighted by molar-refractivity contribution is -0.137. The molecule has 0 radical (unpaired) electrons. The number of nitrogens with zero attached hydrogens (tertiary/aromatic N) is 5. The molecule has 0 saturated carbocycles. The standard InChI is InChI=1S/C29H32F3N8O5P/c1-5-44-46(42)16-18-6-7-22(24(12-18)43-4)38-28-34-14-20(29(30,31)32)26(39-28)37-23-9-8-21(36-25(23)27(41)33-3)19-13-35-40(15-19)11-10-17(2)45-46/h6-9,12-15,17H,5,10-11,16H2,1-4H3,(H,33,41)(H2,34,37,38,39)/t17-,46+/m0/s1. The van der Waals surface area contributed by atoms with Crippen LogP contribution < -0.4 is 20.7 Å². The molecule has 46 heavy (non-hydrogen) atoms. The molecule has 8 rings (SSSR count). The molecule has 17 heteroatoms. The summed E-state index contributed by atoms with van der Waals surface area (Å²) in [5.41, 5.74) is 0.492. The Kier molecular flexibility index (Phi) is 9.60. The van der Waals surface area contributed by atoms with Gasteiger partial charge >= 0.3 is 13.8 Å². The van der Waals surface area contributed by atoms with Gasteiger partial charge < -0.3 is 29.7 Å². The number of alkyl halides is 3. The zero-order valence-electron chi connectivity index (χ0n) is 25.4. The molecule has 3 aromatic heterocycles. The van der Waals surface area contributed by atoms with Gasteiger partial charge in [0.25, 0.3) is 5.91 Å². The van der Waals surface area contributed by atoms with Gasteiger partial charge in [-0.15, -0.1) is 0 Å². The van der Waals surface area contributed by atoms with E-state index in [1.54, 1.807) is 55.2 Å². The van der Waals surface area contributed by atoms with Crippen LogP contribution in [0.25, 0.3) is 11.3 Å². The molecule has 0 unspecified atom stereocenters. The van der Waals surface area contributed by atoms with Crippen LogP contribution in [0.2, 0.25) is 0 Å². The fourth-order valence-corrected chi connectivity index (χ4v) is 6.65. The fraction of sp³-hybridized carbons (Fsp3) is 0.345. The molecule has 7 heterocycles. The smallest absolute Gasteiger partial charge is 0.421 e. The highest BCUT2D eigenvalue weighted by Gasteiger charge is 2.36. The summed E-state index contributed by atoms with van der Waals surface area (Å²) in [5.74, 6) is -1.16. The molecular weight excluding hydrogens is 628 g/mol. The maximum atomic E-state index is 14.1. The van der Waals surface area contributed by atoms with E-state index in [1.165, 1.54) is 20.2 Å². The van der Waals surface area contributed by atoms with Gasteiger partial charge in [-0.2, -0.15) is 23.3 Å². The number of aromatic nitrogens is 5. The van der Waals surface area contributed by atoms with Gasteiger partial charge in [-0.3, -0.25) is 14.0 Å². The van der Waals surface area contributed by atoms with Crippen molar-refractivity contribution < 1.29 is 36.3 Å². The van der Waals surface area contributed by atoms with E-state index in [1.807, 2.05) is 0 Å². The number of methoxy groups -OCH3 is 1. The van der Waals surface area contributed by atoms with Gasteiger partial charge in [0.15, 0.2) is 5.69 Å². The Morgan fingerprint density at radius 3 is 2.67 bits per heavy atom. The zero-order chi connectivity index (χ0) is 33.1. The molecule has 4 aliphatic rings. The lowest BCUT2D eigenvalue weighted by Gasteiger charge is -2.23. The van der Waals surface area contributed by atoms with Gasteiger partial charge in [-0.1, -0.05) is 6.07 Å². The Balaban J connectivity index is 1.64. The average molecular weight is 661 g/mol. The normalized spacial score (nSPS) is 18.5. The molecule has 8 bridgehead atoms. The van der Waals surface area contributed by atoms with E-state index in [4.69, 9.17) is 13.8 Å². The van der Waals surface area contributed by atoms with Crippen LogP contribution in [0.15, 0.2) is 48.9 Å². The van der Waals surface area contributed by atoms with Crippen LogP contribution in [0.5, 0.6) is 5.75 Å². The van der Waals surface area contributed by atoms with Gasteiger partial charge in [0.05, 0.1) is 49.2 Å². The number of amides is 1. The maximum Gasteiger partial charge on any atom is 0.421 e. The first kappa shape index (κ1) is 32.9. The second-order valence-electron chi connectivity index (χ2n) is 10.3. The molecule has 244 valence electrons. The van der Waals surface area contributed by atoms with Crippen LogP contribution in [0.1, 0.15) is 41.9 Å². The molecule has 0 aliphatic carbocycles. The van der Waals surface area contributed by atoms with Crippen LogP contribution >= 0.6 is 7.60 Å². The molecule has 1 aromatic carbocycles. The summed E-state index contributed by atoms with van der Waals surface area (Å²) < 4.78 is 74.7. The number of ether oxygens (including phenoxy) is 1. The van der Waals surface area contributed by atoms with E-state index in [9.17, 15) is 22.5 Å². The van der Waals surface area contributed by atoms with E-state index in [0.717, 1.165) is 0 Å². The minimum absolute atomic E-state index is 0.0144. The average Bonchev–Trinajstić information content (AvgIpc) is 3.49. The van der Waals surface area contributed by atoms with E-state index in [-0.39, 0.29) is 35.8 Å². The molecule has 1 amide bonds. The number of nitrogens with one attached hydrogen (secondary N) is 3. The van der Waals surface area contributed by atoms with Crippen LogP contribution in [-0.2, 0) is 32.5 Å². The van der Waals surface area contributed by atoms with Gasteiger partial charge in [0.2, 0.25) is 5.95 Å². The van der Waals surface area contributed by atoms with Crippen LogP contribution in [-0.4, -0.2) is 57.5 Å². The van der Waals surface area contributed by atoms with E-state index in [0.29, 0.717) is 41.7 Å². The quantitative estimate of drug-likeness (QED) is 0.216. The molecule has 3 N–H and O–H groups in total. The number of aryl methyl sites for hydroxylation is 1. The number of carbonyl (C=O) groups is 1. The fourth-order valence-electron chi connectivity index (χ4n) is 4.74. The van der Waals surface area contributed by atoms with Crippen molar-refractivity contribution in [2.24, 2.45) is 0 Å². The van der Waals surface area contributed by atoms with Crippen LogP contribution in [0.4, 0.5) is 36.3 Å². The SMILES string of the molecule is CCO[P@]1(=O)Cc2ccc(c(OC)c2)Nc2ncc(C(F)(F)F)c(n2)Nc2ccc(nc2C(=O)NC)-c2cnn(c2)CC[C@H](C)O1. The number of pyridine rings is 1. The number of benzene rings is 1. The maximum absolute atomic E-state index is 14.1. The van der Waals surface area contributed by atoms with E-state index in [2.05, 4.69) is 36.0 Å². The number of hydrogen-bond donors (Lipinski definition) is 3. The van der Waals surface area contributed by atoms with Crippen molar-refractivity contribution in [3.8, 4) is 17.0 Å². The van der Waals surface area contributed by atoms with Gasteiger partial charge in [0, 0.05) is 31.5 Å². The predicted molar refractivity (Wildman–Crippen MR) is 164 cm³/mol. The first-order valence-electron chi connectivity index (χ1n) is 14.2. The van der Waals surface area contributed by atoms with Crippen molar-refractivity contribution in [3.63, 3.8) is 0 Å². The van der Waals surface area contributed by atoms with Crippen molar-refractivity contribution >= 4 is 36.6 Å². The van der Waals surface area contributed by atoms with Gasteiger partial charge in [-0.25, -0.2) is 9.97 Å². The number of hydrogen-bond acceptors (Lipinski definition) is 11. The molecular formula is C29H32F3N8O5P. The zero-order valence-corrected chi connectivity index (χ0v) is 26.3. The summed E-state index contributed by atoms with van der Waals surface area (Å²) in [5, 5.41) is 12.3. The number of carbonyl (C=O) groups excluding carboxylic acids is 1. The topological polar surface area (TPSA) is 154 Å². The third-order valence-electron chi connectivity index (χ3n) is 6.93. The number of anilines is 4. The second-order valence-corrected chi connectivity index (χ2v) is 12.3. The highest BCUT2D eigenvalue weighted by molar-refractivity contribution is 7.53. The Morgan fingerprint density at radius 2 is 1.96 bits per heavy atom. The summed E-state index contributed by atoms with van der Waals surface area (Å²) in [6.07, 6.45) is -0.993. The van der Waals surface area contributed by atoms with Crippen LogP contribution in [0, 0.1) is 0 Å². The minimum atomic E-state index is -4.83. The predicted octanol–water partition coefficient (Wildman–Crippen LogP) is 6.15. The second kappa shape index (κ2) is 13.4. The van der Waals surface area contributed by atoms with E-state index < -0.39 is 37.2 Å². The van der Waals surface area contributed by atoms with Gasteiger partial charge in [0.1, 0.15) is 17.1 Å². The van der Waals surface area contributed by atoms with Crippen molar-refractivity contribution in [1.29, 1.82) is 0 Å². The summed E-state index contributed by atoms with van der Waals surface area (Å²) in [4.78, 5) is 25.3. The Labute approximate surface area is 262 Å². The summed E-state index contributed by atoms with van der Waals surface area (Å²) >= 11 is 0. The first-order valence-corrected chi connectivity index (χ1v) is 16.0. The highest BCUT2D eigenvalue weighted by Crippen LogP contribution is 2.53. The minimum Gasteiger partial charge on any atom is -0.495 e. The summed E-state index contributed by atoms with van der Waals surface area (Å²) in [7, 11) is -0.813. The third kappa shape index (κ3) is 7.46. The molecule has 0 fully saturated rings. The molecule has 4 aliphatic heterocycles.